The first-order valence-electron chi connectivity index (χ1n) is 7.47. The zero-order valence-corrected chi connectivity index (χ0v) is 12.4. The maximum Gasteiger partial charge on any atom is 0.166 e. The average Bonchev–Trinajstić information content (AvgIpc) is 2.44. The van der Waals surface area contributed by atoms with E-state index in [9.17, 15) is 4.79 Å². The highest BCUT2D eigenvalue weighted by Gasteiger charge is 2.14. The number of unbranched alkanes of at least 4 members (excludes halogenated alkanes) is 1. The van der Waals surface area contributed by atoms with Gasteiger partial charge >= 0.3 is 0 Å². The average molecular weight is 262 g/mol. The predicted octanol–water partition coefficient (Wildman–Crippen LogP) is 4.45. The van der Waals surface area contributed by atoms with Gasteiger partial charge in [-0.2, -0.15) is 0 Å². The summed E-state index contributed by atoms with van der Waals surface area (Å²) in [5.74, 6) is 0.908. The molecule has 0 aromatic carbocycles. The molecule has 0 fully saturated rings. The van der Waals surface area contributed by atoms with Crippen LogP contribution in [0.15, 0.2) is 18.3 Å². The van der Waals surface area contributed by atoms with Gasteiger partial charge in [0.05, 0.1) is 5.56 Å². The zero-order valence-electron chi connectivity index (χ0n) is 12.4. The second-order valence-electron chi connectivity index (χ2n) is 4.95. The van der Waals surface area contributed by atoms with Crippen molar-refractivity contribution in [1.82, 2.24) is 4.98 Å². The maximum atomic E-state index is 11.9. The van der Waals surface area contributed by atoms with Gasteiger partial charge in [-0.05, 0) is 25.0 Å². The summed E-state index contributed by atoms with van der Waals surface area (Å²) in [6, 6.07) is 4.11. The van der Waals surface area contributed by atoms with Gasteiger partial charge in [-0.3, -0.25) is 4.79 Å². The summed E-state index contributed by atoms with van der Waals surface area (Å²) in [5, 5.41) is 3.47. The Morgan fingerprint density at radius 1 is 1.26 bits per heavy atom. The van der Waals surface area contributed by atoms with Gasteiger partial charge in [0.2, 0.25) is 0 Å². The van der Waals surface area contributed by atoms with Crippen LogP contribution < -0.4 is 5.32 Å². The quantitative estimate of drug-likeness (QED) is 0.669. The van der Waals surface area contributed by atoms with Gasteiger partial charge in [-0.25, -0.2) is 4.98 Å². The van der Waals surface area contributed by atoms with Crippen molar-refractivity contribution in [2.75, 3.05) is 5.32 Å². The number of nitrogens with one attached hydrogen (secondary N) is 1. The number of hydrogen-bond acceptors (Lipinski definition) is 3. The number of Topliss-reactive ketones (excluding diaryl/α,β-unsaturated/α-hetero) is 1. The molecular formula is C16H26N2O. The summed E-state index contributed by atoms with van der Waals surface area (Å²) >= 11 is 0. The van der Waals surface area contributed by atoms with Gasteiger partial charge in [0.25, 0.3) is 0 Å². The number of pyridine rings is 1. The van der Waals surface area contributed by atoms with Gasteiger partial charge in [0.15, 0.2) is 5.78 Å². The van der Waals surface area contributed by atoms with Crippen LogP contribution in [0.1, 0.15) is 69.7 Å². The van der Waals surface area contributed by atoms with Gasteiger partial charge in [0, 0.05) is 18.7 Å². The molecule has 1 atom stereocenters. The number of aromatic nitrogens is 1. The molecule has 0 saturated carbocycles. The van der Waals surface area contributed by atoms with Crippen LogP contribution in [0.3, 0.4) is 0 Å². The van der Waals surface area contributed by atoms with Crippen LogP contribution >= 0.6 is 0 Å². The fourth-order valence-electron chi connectivity index (χ4n) is 2.22. The van der Waals surface area contributed by atoms with Gasteiger partial charge in [-0.1, -0.05) is 40.0 Å². The van der Waals surface area contributed by atoms with Crippen LogP contribution in [0.2, 0.25) is 0 Å². The van der Waals surface area contributed by atoms with E-state index in [1.165, 1.54) is 12.8 Å². The summed E-state index contributed by atoms with van der Waals surface area (Å²) in [6.07, 6.45) is 8.08. The molecule has 1 heterocycles. The summed E-state index contributed by atoms with van der Waals surface area (Å²) in [4.78, 5) is 16.3. The van der Waals surface area contributed by atoms with Gasteiger partial charge in [0.1, 0.15) is 5.82 Å². The highest BCUT2D eigenvalue weighted by Crippen LogP contribution is 2.18. The van der Waals surface area contributed by atoms with Crippen molar-refractivity contribution >= 4 is 11.6 Å². The molecule has 106 valence electrons. The first-order chi connectivity index (χ1) is 9.22. The van der Waals surface area contributed by atoms with E-state index in [1.54, 1.807) is 6.20 Å². The summed E-state index contributed by atoms with van der Waals surface area (Å²) < 4.78 is 0. The van der Waals surface area contributed by atoms with Crippen LogP contribution in [-0.2, 0) is 0 Å². The van der Waals surface area contributed by atoms with Gasteiger partial charge < -0.3 is 5.32 Å². The van der Waals surface area contributed by atoms with Crippen LogP contribution in [0.4, 0.5) is 5.82 Å². The van der Waals surface area contributed by atoms with Crippen molar-refractivity contribution in [3.8, 4) is 0 Å². The zero-order chi connectivity index (χ0) is 14.1. The molecule has 3 heteroatoms. The Hall–Kier alpha value is -1.38. The highest BCUT2D eigenvalue weighted by molar-refractivity contribution is 6.00. The lowest BCUT2D eigenvalue weighted by atomic mass is 10.0. The molecule has 1 aromatic rings. The minimum Gasteiger partial charge on any atom is -0.367 e. The van der Waals surface area contributed by atoms with Crippen LogP contribution in [0.25, 0.3) is 0 Å². The summed E-state index contributed by atoms with van der Waals surface area (Å²) in [6.45, 7) is 6.28. The van der Waals surface area contributed by atoms with E-state index in [2.05, 4.69) is 24.1 Å². The number of carbonyl (C=O) groups is 1. The molecule has 0 amide bonds. The molecule has 1 rings (SSSR count). The van der Waals surface area contributed by atoms with E-state index >= 15 is 0 Å². The van der Waals surface area contributed by atoms with Crippen molar-refractivity contribution in [3.05, 3.63) is 23.9 Å². The summed E-state index contributed by atoms with van der Waals surface area (Å²) in [7, 11) is 0. The smallest absolute Gasteiger partial charge is 0.166 e. The van der Waals surface area contributed by atoms with Crippen LogP contribution in [0.5, 0.6) is 0 Å². The largest absolute Gasteiger partial charge is 0.367 e. The third-order valence-corrected chi connectivity index (χ3v) is 3.31. The topological polar surface area (TPSA) is 42.0 Å². The number of anilines is 1. The normalized spacial score (nSPS) is 12.2. The van der Waals surface area contributed by atoms with E-state index in [-0.39, 0.29) is 5.78 Å². The first-order valence-corrected chi connectivity index (χ1v) is 7.47. The minimum absolute atomic E-state index is 0.154. The molecular weight excluding hydrogens is 236 g/mol. The van der Waals surface area contributed by atoms with Crippen molar-refractivity contribution in [1.29, 1.82) is 0 Å². The van der Waals surface area contributed by atoms with E-state index in [1.807, 2.05) is 19.1 Å². The Kier molecular flexibility index (Phi) is 7.16. The number of carbonyl (C=O) groups excluding carboxylic acids is 1. The Morgan fingerprint density at radius 2 is 2.05 bits per heavy atom. The SMILES string of the molecule is CCCCC(CCC)Nc1ncccc1C(=O)CC. The second-order valence-corrected chi connectivity index (χ2v) is 4.95. The molecule has 1 N–H and O–H groups in total. The second kappa shape index (κ2) is 8.68. The lowest BCUT2D eigenvalue weighted by Gasteiger charge is -2.20. The van der Waals surface area contributed by atoms with Crippen molar-refractivity contribution in [3.63, 3.8) is 0 Å². The fourth-order valence-corrected chi connectivity index (χ4v) is 2.22. The lowest BCUT2D eigenvalue weighted by molar-refractivity contribution is 0.0988. The Morgan fingerprint density at radius 3 is 2.68 bits per heavy atom. The molecule has 0 radical (unpaired) electrons. The van der Waals surface area contributed by atoms with Gasteiger partial charge in [-0.15, -0.1) is 0 Å². The molecule has 1 unspecified atom stereocenters. The molecule has 0 bridgehead atoms. The van der Waals surface area contributed by atoms with Crippen molar-refractivity contribution in [2.24, 2.45) is 0 Å². The third-order valence-electron chi connectivity index (χ3n) is 3.31. The standard InChI is InChI=1S/C16H26N2O/c1-4-7-10-13(9-5-2)18-16-14(15(19)6-3)11-8-12-17-16/h8,11-13H,4-7,9-10H2,1-3H3,(H,17,18). The van der Waals surface area contributed by atoms with Crippen LogP contribution in [-0.4, -0.2) is 16.8 Å². The lowest BCUT2D eigenvalue weighted by Crippen LogP contribution is -2.21. The number of hydrogen-bond donors (Lipinski definition) is 1. The number of nitrogens with zero attached hydrogens (tertiary/aromatic N) is 1. The maximum absolute atomic E-state index is 11.9. The highest BCUT2D eigenvalue weighted by atomic mass is 16.1. The molecule has 0 aliphatic heterocycles. The Balaban J connectivity index is 2.80. The Labute approximate surface area is 116 Å². The first kappa shape index (κ1) is 15.7. The fraction of sp³-hybridized carbons (Fsp3) is 0.625. The minimum atomic E-state index is 0.154. The van der Waals surface area contributed by atoms with Crippen molar-refractivity contribution < 1.29 is 4.79 Å². The molecule has 0 aliphatic rings. The van der Waals surface area contributed by atoms with Crippen molar-refractivity contribution in [2.45, 2.75) is 65.3 Å². The molecule has 0 spiro atoms. The van der Waals surface area contributed by atoms with E-state index in [0.29, 0.717) is 12.5 Å². The molecule has 0 saturated heterocycles. The molecule has 19 heavy (non-hydrogen) atoms. The molecule has 0 aliphatic carbocycles. The van der Waals surface area contributed by atoms with E-state index in [4.69, 9.17) is 0 Å². The molecule has 1 aromatic heterocycles. The monoisotopic (exact) mass is 262 g/mol. The number of rotatable bonds is 9. The number of ketones is 1. The van der Waals surface area contributed by atoms with E-state index in [0.717, 1.165) is 30.6 Å². The molecule has 3 nitrogen and oxygen atoms in total. The predicted molar refractivity (Wildman–Crippen MR) is 80.7 cm³/mol. The third kappa shape index (κ3) is 5.01. The summed E-state index contributed by atoms with van der Waals surface area (Å²) in [5.41, 5.74) is 0.725. The van der Waals surface area contributed by atoms with E-state index < -0.39 is 0 Å². The van der Waals surface area contributed by atoms with Crippen LogP contribution in [0, 0.1) is 0 Å². The Bertz CT molecular complexity index is 390.